The Morgan fingerprint density at radius 2 is 0.771 bits per heavy atom. The van der Waals surface area contributed by atoms with E-state index in [1.165, 1.54) is 83.5 Å². The van der Waals surface area contributed by atoms with Crippen LogP contribution in [0.1, 0.15) is 265 Å². The summed E-state index contributed by atoms with van der Waals surface area (Å²) in [5.41, 5.74) is 0. The summed E-state index contributed by atoms with van der Waals surface area (Å²) >= 11 is 0. The molecule has 3 N–H and O–H groups in total. The number of rotatable bonds is 55. The number of carbonyl (C=O) groups excluding carboxylic acids is 3. The topological polar surface area (TPSA) is 175 Å². The number of esters is 3. The summed E-state index contributed by atoms with van der Waals surface area (Å²) in [7, 11) is 0. The molecule has 1 aliphatic heterocycles. The van der Waals surface area contributed by atoms with Crippen LogP contribution < -0.4 is 0 Å². The van der Waals surface area contributed by atoms with Crippen LogP contribution >= 0.6 is 0 Å². The molecule has 472 valence electrons. The number of carboxylic acid groups (broad SMARTS) is 1. The Hall–Kier alpha value is -4.62. The molecule has 1 fully saturated rings. The number of aliphatic hydroxyl groups is 2. The van der Waals surface area contributed by atoms with Crippen molar-refractivity contribution in [2.75, 3.05) is 13.2 Å². The lowest BCUT2D eigenvalue weighted by Crippen LogP contribution is -2.61. The monoisotopic (exact) mass is 1160 g/mol. The van der Waals surface area contributed by atoms with Gasteiger partial charge in [0.05, 0.1) is 6.61 Å². The molecular formula is C71H116O12. The average Bonchev–Trinajstić information content (AvgIpc) is 3.59. The molecule has 0 amide bonds. The summed E-state index contributed by atoms with van der Waals surface area (Å²) in [5, 5.41) is 31.6. The molecule has 1 rings (SSSR count). The second-order valence-electron chi connectivity index (χ2n) is 22.0. The zero-order valence-corrected chi connectivity index (χ0v) is 52.2. The van der Waals surface area contributed by atoms with E-state index in [9.17, 15) is 34.5 Å². The number of carboxylic acids is 1. The Morgan fingerprint density at radius 1 is 0.410 bits per heavy atom. The van der Waals surface area contributed by atoms with Gasteiger partial charge in [0.2, 0.25) is 0 Å². The molecule has 1 saturated heterocycles. The predicted molar refractivity (Wildman–Crippen MR) is 340 cm³/mol. The number of unbranched alkanes of at least 4 members (excludes halogenated alkanes) is 23. The molecular weight excluding hydrogens is 1040 g/mol. The maximum absolute atomic E-state index is 13.2. The van der Waals surface area contributed by atoms with Gasteiger partial charge in [-0.3, -0.25) is 14.4 Å². The zero-order chi connectivity index (χ0) is 60.3. The quantitative estimate of drug-likeness (QED) is 0.0228. The van der Waals surface area contributed by atoms with Crippen molar-refractivity contribution in [2.24, 2.45) is 0 Å². The minimum atomic E-state index is -1.92. The van der Waals surface area contributed by atoms with Crippen LogP contribution in [0.3, 0.4) is 0 Å². The Morgan fingerprint density at radius 3 is 1.20 bits per heavy atom. The lowest BCUT2D eigenvalue weighted by molar-refractivity contribution is -0.301. The highest BCUT2D eigenvalue weighted by Crippen LogP contribution is 2.26. The summed E-state index contributed by atoms with van der Waals surface area (Å²) in [6, 6.07) is 0. The molecule has 0 bridgehead atoms. The fourth-order valence-electron chi connectivity index (χ4n) is 9.35. The van der Waals surface area contributed by atoms with Gasteiger partial charge >= 0.3 is 23.9 Å². The van der Waals surface area contributed by atoms with Gasteiger partial charge in [0, 0.05) is 19.3 Å². The molecule has 6 atom stereocenters. The number of aliphatic hydroxyl groups excluding tert-OH is 2. The van der Waals surface area contributed by atoms with Crippen LogP contribution in [0.25, 0.3) is 0 Å². The van der Waals surface area contributed by atoms with Crippen molar-refractivity contribution < 1.29 is 58.2 Å². The number of hydrogen-bond donors (Lipinski definition) is 3. The molecule has 0 aromatic carbocycles. The van der Waals surface area contributed by atoms with Crippen LogP contribution in [0.15, 0.2) is 109 Å². The first kappa shape index (κ1) is 76.4. The van der Waals surface area contributed by atoms with Gasteiger partial charge in [0.25, 0.3) is 0 Å². The van der Waals surface area contributed by atoms with E-state index in [4.69, 9.17) is 23.7 Å². The van der Waals surface area contributed by atoms with Crippen LogP contribution in [0.5, 0.6) is 0 Å². The lowest BCUT2D eigenvalue weighted by Gasteiger charge is -2.40. The van der Waals surface area contributed by atoms with Gasteiger partial charge in [-0.1, -0.05) is 239 Å². The highest BCUT2D eigenvalue weighted by molar-refractivity contribution is 5.74. The van der Waals surface area contributed by atoms with Crippen LogP contribution in [-0.2, 0) is 42.9 Å². The molecule has 12 heteroatoms. The van der Waals surface area contributed by atoms with Gasteiger partial charge in [-0.25, -0.2) is 4.79 Å². The maximum atomic E-state index is 13.2. The number of allylic oxidation sites excluding steroid dienone is 18. The number of ether oxygens (including phenoxy) is 5. The first-order valence-electron chi connectivity index (χ1n) is 32.9. The third-order valence-corrected chi connectivity index (χ3v) is 14.3. The summed E-state index contributed by atoms with van der Waals surface area (Å²) < 4.78 is 28.5. The largest absolute Gasteiger partial charge is 0.479 e. The third kappa shape index (κ3) is 47.3. The van der Waals surface area contributed by atoms with Crippen LogP contribution in [0.4, 0.5) is 0 Å². The Bertz CT molecular complexity index is 1860. The fraction of sp³-hybridized carbons (Fsp3) is 0.690. The van der Waals surface area contributed by atoms with Gasteiger partial charge in [-0.05, 0) is 116 Å². The first-order valence-corrected chi connectivity index (χ1v) is 32.9. The van der Waals surface area contributed by atoms with Crippen molar-refractivity contribution in [1.82, 2.24) is 0 Å². The molecule has 0 spiro atoms. The van der Waals surface area contributed by atoms with E-state index in [0.29, 0.717) is 25.7 Å². The van der Waals surface area contributed by atoms with Crippen molar-refractivity contribution in [2.45, 2.75) is 302 Å². The molecule has 12 nitrogen and oxygen atoms in total. The SMILES string of the molecule is CC/C=C\C/C=C\C/C=C\C/C=C\C/C=C\CCCC(=O)OC(COC(=O)CCCCCCCCCCC/C=C\CCCCCCCC)COC1OC(C(=O)O)C(O)C(O)C1OC(=O)CCCCCCCCC/C=C\C/C=C\C/C=C\CC. The maximum Gasteiger partial charge on any atom is 0.335 e. The lowest BCUT2D eigenvalue weighted by atomic mass is 9.98. The predicted octanol–water partition coefficient (Wildman–Crippen LogP) is 17.8. The van der Waals surface area contributed by atoms with E-state index in [2.05, 4.69) is 118 Å². The van der Waals surface area contributed by atoms with Gasteiger partial charge in [0.1, 0.15) is 18.8 Å². The minimum absolute atomic E-state index is 0.0377. The van der Waals surface area contributed by atoms with E-state index in [-0.39, 0.29) is 25.9 Å². The van der Waals surface area contributed by atoms with Crippen molar-refractivity contribution in [3.8, 4) is 0 Å². The molecule has 6 unspecified atom stereocenters. The summed E-state index contributed by atoms with van der Waals surface area (Å²) in [6.07, 6.45) is 66.2. The molecule has 0 saturated carbocycles. The van der Waals surface area contributed by atoms with Gasteiger partial charge in [0.15, 0.2) is 24.6 Å². The average molecular weight is 1160 g/mol. The summed E-state index contributed by atoms with van der Waals surface area (Å²) in [5.74, 6) is -3.22. The zero-order valence-electron chi connectivity index (χ0n) is 52.2. The van der Waals surface area contributed by atoms with Crippen LogP contribution in [0, 0.1) is 0 Å². The number of carbonyl (C=O) groups is 4. The normalized spacial score (nSPS) is 18.3. The second kappa shape index (κ2) is 57.8. The van der Waals surface area contributed by atoms with E-state index < -0.39 is 67.3 Å². The number of aliphatic carboxylic acids is 1. The van der Waals surface area contributed by atoms with Gasteiger partial charge < -0.3 is 39.0 Å². The first-order chi connectivity index (χ1) is 40.6. The van der Waals surface area contributed by atoms with Crippen molar-refractivity contribution in [1.29, 1.82) is 0 Å². The van der Waals surface area contributed by atoms with E-state index in [1.54, 1.807) is 0 Å². The van der Waals surface area contributed by atoms with E-state index >= 15 is 0 Å². The standard InChI is InChI=1S/C71H116O12/c1-4-7-10-13-16-19-22-25-28-31-32-35-36-39-42-45-48-51-54-57-63(72)79-60-62(81-64(73)58-55-52-49-46-43-40-37-33-29-26-23-20-17-14-11-8-5-2)61-80-71-69(67(76)66(75)68(83-71)70(77)78)82-65(74)59-56-53-50-47-44-41-38-34-30-27-24-21-18-15-12-9-6-3/h8-9,11-12,17-18,20-21,25-30,37,40,46,49,62,66-69,71,75-76H,4-7,10,13-16,19,22-24,31-36,38-39,41-45,47-48,50-61H2,1-3H3,(H,77,78)/b11-8-,12-9-,20-17-,21-18-,28-25-,29-26-,30-27-,40-37-,49-46-. The van der Waals surface area contributed by atoms with Crippen LogP contribution in [0.2, 0.25) is 0 Å². The Kier molecular flexibility index (Phi) is 53.2. The van der Waals surface area contributed by atoms with Gasteiger partial charge in [-0.2, -0.15) is 0 Å². The molecule has 83 heavy (non-hydrogen) atoms. The van der Waals surface area contributed by atoms with Crippen LogP contribution in [-0.4, -0.2) is 89.2 Å². The molecule has 0 aromatic heterocycles. The van der Waals surface area contributed by atoms with E-state index in [0.717, 1.165) is 116 Å². The van der Waals surface area contributed by atoms with Crippen molar-refractivity contribution in [3.05, 3.63) is 109 Å². The summed E-state index contributed by atoms with van der Waals surface area (Å²) in [4.78, 5) is 51.3. The van der Waals surface area contributed by atoms with Gasteiger partial charge in [-0.15, -0.1) is 0 Å². The fourth-order valence-corrected chi connectivity index (χ4v) is 9.35. The highest BCUT2D eigenvalue weighted by atomic mass is 16.7. The number of hydrogen-bond acceptors (Lipinski definition) is 11. The molecule has 0 aromatic rings. The third-order valence-electron chi connectivity index (χ3n) is 14.3. The summed E-state index contributed by atoms with van der Waals surface area (Å²) in [6.45, 7) is 5.74. The molecule has 0 radical (unpaired) electrons. The highest BCUT2D eigenvalue weighted by Gasteiger charge is 2.50. The molecule has 1 aliphatic rings. The van der Waals surface area contributed by atoms with E-state index in [1.807, 2.05) is 12.2 Å². The minimum Gasteiger partial charge on any atom is -0.479 e. The smallest absolute Gasteiger partial charge is 0.335 e. The van der Waals surface area contributed by atoms with Crippen molar-refractivity contribution >= 4 is 23.9 Å². The Labute approximate surface area is 504 Å². The second-order valence-corrected chi connectivity index (χ2v) is 22.0. The van der Waals surface area contributed by atoms with Crippen molar-refractivity contribution in [3.63, 3.8) is 0 Å². The molecule has 1 heterocycles. The molecule has 0 aliphatic carbocycles. The Balaban J connectivity index is 2.70.